The molecule has 0 aromatic carbocycles. The number of ether oxygens (including phenoxy) is 2. The highest BCUT2D eigenvalue weighted by atomic mass is 16.7. The molecule has 1 heterocycles. The number of nitro groups is 1. The van der Waals surface area contributed by atoms with E-state index in [4.69, 9.17) is 14.6 Å². The lowest BCUT2D eigenvalue weighted by Gasteiger charge is -2.31. The molecule has 1 aliphatic carbocycles. The quantitative estimate of drug-likeness (QED) is 0.535. The van der Waals surface area contributed by atoms with Crippen LogP contribution in [0, 0.1) is 10.1 Å². The van der Waals surface area contributed by atoms with Gasteiger partial charge in [0.25, 0.3) is 0 Å². The average molecular weight is 213 g/mol. The van der Waals surface area contributed by atoms with Gasteiger partial charge in [-0.3, -0.25) is 10.1 Å². The van der Waals surface area contributed by atoms with Crippen molar-refractivity contribution in [2.45, 2.75) is 18.6 Å². The van der Waals surface area contributed by atoms with E-state index in [9.17, 15) is 10.1 Å². The molecule has 2 rings (SSSR count). The van der Waals surface area contributed by atoms with E-state index in [1.165, 1.54) is 0 Å². The van der Waals surface area contributed by atoms with E-state index >= 15 is 0 Å². The van der Waals surface area contributed by atoms with Crippen LogP contribution in [0.15, 0.2) is 23.7 Å². The average Bonchev–Trinajstić information content (AvgIpc) is 2.28. The summed E-state index contributed by atoms with van der Waals surface area (Å²) in [5.41, 5.74) is -1.85. The molecule has 0 aromatic rings. The standard InChI is InChI=1S/C9H11NO5/c11-5-9(10(12)13)6-14-7-3-1-2-4-8(7)15-9/h2,4,11H,1,3,5-6H2/t9-/m1/s1. The molecule has 0 fully saturated rings. The molecule has 0 unspecified atom stereocenters. The van der Waals surface area contributed by atoms with Crippen molar-refractivity contribution in [3.05, 3.63) is 33.8 Å². The largest absolute Gasteiger partial charge is 0.482 e. The van der Waals surface area contributed by atoms with Crippen LogP contribution in [0.25, 0.3) is 0 Å². The molecule has 0 saturated heterocycles. The van der Waals surface area contributed by atoms with Crippen LogP contribution in [-0.4, -0.2) is 29.0 Å². The highest BCUT2D eigenvalue weighted by Crippen LogP contribution is 2.31. The van der Waals surface area contributed by atoms with Gasteiger partial charge in [-0.1, -0.05) is 6.08 Å². The topological polar surface area (TPSA) is 81.8 Å². The highest BCUT2D eigenvalue weighted by Gasteiger charge is 2.50. The van der Waals surface area contributed by atoms with Crippen molar-refractivity contribution in [1.29, 1.82) is 0 Å². The van der Waals surface area contributed by atoms with E-state index in [-0.39, 0.29) is 6.61 Å². The third-order valence-electron chi connectivity index (χ3n) is 2.43. The highest BCUT2D eigenvalue weighted by molar-refractivity contribution is 5.22. The summed E-state index contributed by atoms with van der Waals surface area (Å²) in [7, 11) is 0. The normalized spacial score (nSPS) is 29.1. The molecule has 1 aliphatic heterocycles. The third kappa shape index (κ3) is 1.56. The molecule has 2 aliphatic rings. The van der Waals surface area contributed by atoms with Gasteiger partial charge in [-0.15, -0.1) is 0 Å². The second-order valence-corrected chi connectivity index (χ2v) is 3.48. The van der Waals surface area contributed by atoms with Gasteiger partial charge >= 0.3 is 5.72 Å². The van der Waals surface area contributed by atoms with Crippen molar-refractivity contribution in [1.82, 2.24) is 0 Å². The maximum atomic E-state index is 10.8. The number of hydrogen-bond donors (Lipinski definition) is 1. The summed E-state index contributed by atoms with van der Waals surface area (Å²) >= 11 is 0. The minimum absolute atomic E-state index is 0.247. The summed E-state index contributed by atoms with van der Waals surface area (Å²) < 4.78 is 10.5. The number of aliphatic hydroxyl groups is 1. The maximum Gasteiger partial charge on any atom is 0.420 e. The maximum absolute atomic E-state index is 10.8. The van der Waals surface area contributed by atoms with Crippen LogP contribution in [-0.2, 0) is 9.47 Å². The molecule has 82 valence electrons. The Hall–Kier alpha value is -1.56. The third-order valence-corrected chi connectivity index (χ3v) is 2.43. The first kappa shape index (κ1) is 9.97. The molecule has 0 bridgehead atoms. The molecule has 6 heteroatoms. The molecule has 1 N–H and O–H groups in total. The smallest absolute Gasteiger partial charge is 0.420 e. The van der Waals surface area contributed by atoms with Gasteiger partial charge in [-0.05, 0) is 12.5 Å². The first-order valence-electron chi connectivity index (χ1n) is 4.65. The number of aliphatic hydroxyl groups excluding tert-OH is 1. The van der Waals surface area contributed by atoms with Gasteiger partial charge in [-0.2, -0.15) is 0 Å². The van der Waals surface area contributed by atoms with Crippen LogP contribution in [0.4, 0.5) is 0 Å². The van der Waals surface area contributed by atoms with Crippen molar-refractivity contribution in [2.75, 3.05) is 13.2 Å². The predicted octanol–water partition coefficient (Wildman–Crippen LogP) is 0.560. The van der Waals surface area contributed by atoms with Gasteiger partial charge < -0.3 is 14.6 Å². The molecular weight excluding hydrogens is 202 g/mol. The number of nitrogens with zero attached hydrogens (tertiary/aromatic N) is 1. The fourth-order valence-electron chi connectivity index (χ4n) is 1.51. The predicted molar refractivity (Wildman–Crippen MR) is 49.2 cm³/mol. The van der Waals surface area contributed by atoms with Gasteiger partial charge in [0.1, 0.15) is 5.76 Å². The van der Waals surface area contributed by atoms with Crippen molar-refractivity contribution >= 4 is 0 Å². The molecule has 15 heavy (non-hydrogen) atoms. The molecule has 1 atom stereocenters. The van der Waals surface area contributed by atoms with Crippen LogP contribution in [0.5, 0.6) is 0 Å². The molecule has 0 saturated carbocycles. The van der Waals surface area contributed by atoms with E-state index < -0.39 is 17.3 Å². The fraction of sp³-hybridized carbons (Fsp3) is 0.556. The lowest BCUT2D eigenvalue weighted by molar-refractivity contribution is -0.634. The van der Waals surface area contributed by atoms with Gasteiger partial charge in [0.05, 0.1) is 4.92 Å². The van der Waals surface area contributed by atoms with Crippen molar-refractivity contribution in [3.8, 4) is 0 Å². The van der Waals surface area contributed by atoms with Crippen LogP contribution >= 0.6 is 0 Å². The minimum atomic E-state index is -1.85. The van der Waals surface area contributed by atoms with Gasteiger partial charge in [0.15, 0.2) is 19.0 Å². The molecule has 0 spiro atoms. The summed E-state index contributed by atoms with van der Waals surface area (Å²) in [6.45, 7) is -0.951. The fourth-order valence-corrected chi connectivity index (χ4v) is 1.51. The molecular formula is C9H11NO5. The summed E-state index contributed by atoms with van der Waals surface area (Å²) in [5.74, 6) is 0.988. The van der Waals surface area contributed by atoms with E-state index in [1.54, 1.807) is 6.08 Å². The summed E-state index contributed by atoms with van der Waals surface area (Å²) in [4.78, 5) is 10.1. The van der Waals surface area contributed by atoms with Crippen molar-refractivity contribution in [2.24, 2.45) is 0 Å². The Labute approximate surface area is 85.9 Å². The molecule has 6 nitrogen and oxygen atoms in total. The molecule has 0 amide bonds. The second-order valence-electron chi connectivity index (χ2n) is 3.48. The Morgan fingerprint density at radius 1 is 1.67 bits per heavy atom. The molecule has 0 radical (unpaired) electrons. The number of allylic oxidation sites excluding steroid dienone is 3. The zero-order valence-electron chi connectivity index (χ0n) is 8.01. The van der Waals surface area contributed by atoms with Gasteiger partial charge in [-0.25, -0.2) is 0 Å². The first-order chi connectivity index (χ1) is 7.18. The van der Waals surface area contributed by atoms with Crippen molar-refractivity contribution < 1.29 is 19.5 Å². The Bertz CT molecular complexity index is 348. The minimum Gasteiger partial charge on any atom is -0.482 e. The Kier molecular flexibility index (Phi) is 2.36. The zero-order valence-corrected chi connectivity index (χ0v) is 8.01. The first-order valence-corrected chi connectivity index (χ1v) is 4.65. The number of rotatable bonds is 2. The Balaban J connectivity index is 2.26. The van der Waals surface area contributed by atoms with Gasteiger partial charge in [0, 0.05) is 6.42 Å². The lowest BCUT2D eigenvalue weighted by Crippen LogP contribution is -2.51. The Morgan fingerprint density at radius 2 is 2.47 bits per heavy atom. The Morgan fingerprint density at radius 3 is 3.13 bits per heavy atom. The zero-order chi connectivity index (χ0) is 10.9. The van der Waals surface area contributed by atoms with Gasteiger partial charge in [0.2, 0.25) is 0 Å². The second kappa shape index (κ2) is 3.54. The van der Waals surface area contributed by atoms with Crippen LogP contribution in [0.1, 0.15) is 12.8 Å². The summed E-state index contributed by atoms with van der Waals surface area (Å²) in [5, 5.41) is 19.8. The monoisotopic (exact) mass is 213 g/mol. The summed E-state index contributed by atoms with van der Waals surface area (Å²) in [6, 6.07) is 0. The van der Waals surface area contributed by atoms with Crippen LogP contribution in [0.2, 0.25) is 0 Å². The van der Waals surface area contributed by atoms with Crippen LogP contribution < -0.4 is 0 Å². The van der Waals surface area contributed by atoms with E-state index in [1.807, 2.05) is 6.08 Å². The lowest BCUT2D eigenvalue weighted by atomic mass is 10.1. The molecule has 0 aromatic heterocycles. The van der Waals surface area contributed by atoms with Crippen molar-refractivity contribution in [3.63, 3.8) is 0 Å². The SMILES string of the molecule is O=[N+]([O-])[C@@]1(CO)COC2=C(C=CCC2)O1. The van der Waals surface area contributed by atoms with E-state index in [0.717, 1.165) is 6.42 Å². The number of hydrogen-bond acceptors (Lipinski definition) is 5. The van der Waals surface area contributed by atoms with E-state index in [2.05, 4.69) is 0 Å². The summed E-state index contributed by atoms with van der Waals surface area (Å²) in [6.07, 6.45) is 5.03. The van der Waals surface area contributed by atoms with Crippen LogP contribution in [0.3, 0.4) is 0 Å². The van der Waals surface area contributed by atoms with E-state index in [0.29, 0.717) is 17.9 Å².